The van der Waals surface area contributed by atoms with Crippen molar-refractivity contribution in [3.8, 4) is 11.4 Å². The topological polar surface area (TPSA) is 83.8 Å². The van der Waals surface area contributed by atoms with Crippen molar-refractivity contribution in [2.24, 2.45) is 0 Å². The zero-order chi connectivity index (χ0) is 21.4. The molecule has 7 nitrogen and oxygen atoms in total. The molecule has 1 aromatic heterocycles. The van der Waals surface area contributed by atoms with E-state index >= 15 is 4.39 Å². The van der Waals surface area contributed by atoms with Crippen molar-refractivity contribution in [3.63, 3.8) is 0 Å². The Morgan fingerprint density at radius 1 is 1.17 bits per heavy atom. The van der Waals surface area contributed by atoms with E-state index in [2.05, 4.69) is 10.1 Å². The Labute approximate surface area is 170 Å². The minimum Gasteiger partial charge on any atom is -0.449 e. The monoisotopic (exact) mass is 415 g/mol. The van der Waals surface area contributed by atoms with Gasteiger partial charge in [0, 0.05) is 31.9 Å². The number of hydrogen-bond donors (Lipinski definition) is 2. The van der Waals surface area contributed by atoms with Crippen LogP contribution in [0.1, 0.15) is 5.56 Å². The molecule has 0 atom stereocenters. The molecule has 2 heterocycles. The Morgan fingerprint density at radius 2 is 1.83 bits per heavy atom. The lowest BCUT2D eigenvalue weighted by Crippen LogP contribution is -2.44. The summed E-state index contributed by atoms with van der Waals surface area (Å²) in [5.74, 6) is -2.31. The molecule has 0 radical (unpaired) electrons. The molecule has 1 aliphatic heterocycles. The number of halogens is 2. The first-order valence-corrected chi connectivity index (χ1v) is 9.37. The molecule has 3 aromatic rings. The molecule has 1 aliphatic rings. The highest BCUT2D eigenvalue weighted by Crippen LogP contribution is 2.32. The van der Waals surface area contributed by atoms with Gasteiger partial charge in [-0.1, -0.05) is 17.7 Å². The molecule has 0 unspecified atom stereocenters. The molecule has 1 saturated heterocycles. The Hall–Kier alpha value is -3.46. The van der Waals surface area contributed by atoms with E-state index in [1.165, 1.54) is 4.57 Å². The van der Waals surface area contributed by atoms with Gasteiger partial charge in [-0.2, -0.15) is 0 Å². The number of nitrogens with one attached hydrogen (secondary N) is 1. The maximum atomic E-state index is 15.7. The molecular weight excluding hydrogens is 396 g/mol. The van der Waals surface area contributed by atoms with Crippen molar-refractivity contribution < 1.29 is 23.4 Å². The number of rotatable bonds is 3. The number of piperazine rings is 1. The number of hydrogen-bond acceptors (Lipinski definition) is 5. The number of benzene rings is 2. The quantitative estimate of drug-likeness (QED) is 0.640. The highest BCUT2D eigenvalue weighted by atomic mass is 19.1. The highest BCUT2D eigenvalue weighted by molar-refractivity contribution is 5.87. The zero-order valence-electron chi connectivity index (χ0n) is 16.1. The minimum atomic E-state index is -1.69. The Kier molecular flexibility index (Phi) is 5.13. The molecule has 0 amide bonds. The van der Waals surface area contributed by atoms with Crippen LogP contribution < -0.4 is 20.4 Å². The lowest BCUT2D eigenvalue weighted by Gasteiger charge is -2.30. The second kappa shape index (κ2) is 7.75. The van der Waals surface area contributed by atoms with Gasteiger partial charge in [-0.3, -0.25) is 4.79 Å². The standard InChI is InChI=1S/C21H19F2N3O4/c1-12-2-4-13(5-3-12)26-11-16(30-21(28)29)20(27)14-10-15(22)19(17(23)18(14)26)25-8-6-24-7-9-25/h2-5,10-11,24H,6-9H2,1H3,(H,28,29). The van der Waals surface area contributed by atoms with Gasteiger partial charge < -0.3 is 24.6 Å². The summed E-state index contributed by atoms with van der Waals surface area (Å²) in [6.45, 7) is 3.85. The van der Waals surface area contributed by atoms with Gasteiger partial charge in [-0.25, -0.2) is 13.6 Å². The molecule has 4 rings (SSSR count). The second-order valence-corrected chi connectivity index (χ2v) is 7.05. The second-order valence-electron chi connectivity index (χ2n) is 7.05. The number of nitrogens with zero attached hydrogens (tertiary/aromatic N) is 2. The summed E-state index contributed by atoms with van der Waals surface area (Å²) >= 11 is 0. The molecule has 0 spiro atoms. The number of ether oxygens (including phenoxy) is 1. The molecule has 2 N–H and O–H groups in total. The number of carbonyl (C=O) groups is 1. The van der Waals surface area contributed by atoms with Crippen LogP contribution in [0.5, 0.6) is 5.75 Å². The number of carboxylic acid groups (broad SMARTS) is 1. The van der Waals surface area contributed by atoms with Crippen LogP contribution in [0.4, 0.5) is 19.3 Å². The van der Waals surface area contributed by atoms with E-state index in [1.54, 1.807) is 29.2 Å². The van der Waals surface area contributed by atoms with Gasteiger partial charge in [0.15, 0.2) is 11.6 Å². The summed E-state index contributed by atoms with van der Waals surface area (Å²) in [4.78, 5) is 25.3. The smallest absolute Gasteiger partial charge is 0.449 e. The fourth-order valence-electron chi connectivity index (χ4n) is 3.63. The third kappa shape index (κ3) is 3.48. The molecule has 1 fully saturated rings. The van der Waals surface area contributed by atoms with Crippen molar-refractivity contribution in [1.82, 2.24) is 9.88 Å². The van der Waals surface area contributed by atoms with Crippen LogP contribution in [0.15, 0.2) is 41.3 Å². The van der Waals surface area contributed by atoms with E-state index in [1.807, 2.05) is 6.92 Å². The van der Waals surface area contributed by atoms with E-state index in [0.29, 0.717) is 31.9 Å². The van der Waals surface area contributed by atoms with E-state index in [-0.39, 0.29) is 16.6 Å². The average molecular weight is 415 g/mol. The van der Waals surface area contributed by atoms with Gasteiger partial charge in [0.1, 0.15) is 11.5 Å². The predicted octanol–water partition coefficient (Wildman–Crippen LogP) is 3.04. The molecule has 0 saturated carbocycles. The van der Waals surface area contributed by atoms with Gasteiger partial charge in [0.25, 0.3) is 0 Å². The third-order valence-corrected chi connectivity index (χ3v) is 5.07. The maximum Gasteiger partial charge on any atom is 0.511 e. The fourth-order valence-corrected chi connectivity index (χ4v) is 3.63. The number of aryl methyl sites for hydroxylation is 1. The van der Waals surface area contributed by atoms with E-state index in [4.69, 9.17) is 5.11 Å². The number of aromatic nitrogens is 1. The Bertz CT molecular complexity index is 1190. The lowest BCUT2D eigenvalue weighted by molar-refractivity contribution is 0.144. The maximum absolute atomic E-state index is 15.7. The SMILES string of the molecule is Cc1ccc(-n2cc(OC(=O)O)c(=O)c3cc(F)c(N4CCNCC4)c(F)c32)cc1. The molecule has 30 heavy (non-hydrogen) atoms. The van der Waals surface area contributed by atoms with Crippen molar-refractivity contribution in [2.75, 3.05) is 31.1 Å². The summed E-state index contributed by atoms with van der Waals surface area (Å²) in [5.41, 5.74) is 0.171. The predicted molar refractivity (Wildman–Crippen MR) is 108 cm³/mol. The average Bonchev–Trinajstić information content (AvgIpc) is 2.71. The van der Waals surface area contributed by atoms with E-state index in [0.717, 1.165) is 17.8 Å². The molecule has 156 valence electrons. The first-order chi connectivity index (χ1) is 14.4. The normalized spacial score (nSPS) is 14.2. The summed E-state index contributed by atoms with van der Waals surface area (Å²) in [6, 6.07) is 7.90. The van der Waals surface area contributed by atoms with Crippen LogP contribution in [0, 0.1) is 18.6 Å². The van der Waals surface area contributed by atoms with Crippen LogP contribution in [-0.2, 0) is 0 Å². The summed E-state index contributed by atoms with van der Waals surface area (Å²) in [5, 5.41) is 11.8. The van der Waals surface area contributed by atoms with E-state index in [9.17, 15) is 14.0 Å². The van der Waals surface area contributed by atoms with Crippen molar-refractivity contribution in [2.45, 2.75) is 6.92 Å². The molecule has 0 aliphatic carbocycles. The first-order valence-electron chi connectivity index (χ1n) is 9.37. The van der Waals surface area contributed by atoms with Crippen LogP contribution in [0.2, 0.25) is 0 Å². The van der Waals surface area contributed by atoms with Crippen LogP contribution in [-0.4, -0.2) is 42.0 Å². The van der Waals surface area contributed by atoms with Crippen LogP contribution >= 0.6 is 0 Å². The number of pyridine rings is 1. The van der Waals surface area contributed by atoms with Crippen LogP contribution in [0.3, 0.4) is 0 Å². The Balaban J connectivity index is 2.05. The Morgan fingerprint density at radius 3 is 2.47 bits per heavy atom. The first kappa shape index (κ1) is 19.8. The number of fused-ring (bicyclic) bond motifs is 1. The van der Waals surface area contributed by atoms with Gasteiger partial charge >= 0.3 is 6.16 Å². The van der Waals surface area contributed by atoms with Crippen molar-refractivity contribution >= 4 is 22.7 Å². The largest absolute Gasteiger partial charge is 0.511 e. The summed E-state index contributed by atoms with van der Waals surface area (Å²) in [7, 11) is 0. The van der Waals surface area contributed by atoms with Crippen LogP contribution in [0.25, 0.3) is 16.6 Å². The number of anilines is 1. The zero-order valence-corrected chi connectivity index (χ0v) is 16.1. The van der Waals surface area contributed by atoms with E-state index < -0.39 is 29.0 Å². The van der Waals surface area contributed by atoms with Crippen molar-refractivity contribution in [1.29, 1.82) is 0 Å². The molecule has 2 aromatic carbocycles. The molecule has 9 heteroatoms. The lowest BCUT2D eigenvalue weighted by atomic mass is 10.1. The third-order valence-electron chi connectivity index (χ3n) is 5.07. The van der Waals surface area contributed by atoms with Gasteiger partial charge in [0.05, 0.1) is 17.1 Å². The van der Waals surface area contributed by atoms with Gasteiger partial charge in [-0.05, 0) is 25.1 Å². The summed E-state index contributed by atoms with van der Waals surface area (Å²) in [6.07, 6.45) is -0.577. The fraction of sp³-hybridized carbons (Fsp3) is 0.238. The van der Waals surface area contributed by atoms with Crippen molar-refractivity contribution in [3.05, 3.63) is 63.9 Å². The molecule has 0 bridgehead atoms. The van der Waals surface area contributed by atoms with Gasteiger partial charge in [0.2, 0.25) is 5.43 Å². The van der Waals surface area contributed by atoms with Gasteiger partial charge in [-0.15, -0.1) is 0 Å². The summed E-state index contributed by atoms with van der Waals surface area (Å²) < 4.78 is 36.5. The highest BCUT2D eigenvalue weighted by Gasteiger charge is 2.25. The molecular formula is C21H19F2N3O4. The minimum absolute atomic E-state index is 0.142.